The molecule has 0 aliphatic rings. The molecule has 8 nitrogen and oxygen atoms in total. The highest BCUT2D eigenvalue weighted by molar-refractivity contribution is 6.35. The van der Waals surface area contributed by atoms with Crippen LogP contribution in [0.1, 0.15) is 42.7 Å². The molecule has 182 valence electrons. The third-order valence-corrected chi connectivity index (χ3v) is 5.83. The van der Waals surface area contributed by atoms with E-state index in [0.717, 1.165) is 0 Å². The maximum atomic E-state index is 13.5. The first-order chi connectivity index (χ1) is 17.3. The summed E-state index contributed by atoms with van der Waals surface area (Å²) < 4.78 is 1.36. The highest BCUT2D eigenvalue weighted by Gasteiger charge is 2.24. The fraction of sp³-hybridized carbons (Fsp3) is 0.115. The summed E-state index contributed by atoms with van der Waals surface area (Å²) in [5, 5.41) is 7.78. The van der Waals surface area contributed by atoms with Gasteiger partial charge in [-0.25, -0.2) is 9.67 Å². The van der Waals surface area contributed by atoms with Gasteiger partial charge in [0.2, 0.25) is 5.82 Å². The lowest BCUT2D eigenvalue weighted by atomic mass is 10.0. The molecule has 0 bridgehead atoms. The monoisotopic (exact) mass is 521 g/mol. The lowest BCUT2D eigenvalue weighted by Gasteiger charge is -2.13. The first-order valence-electron chi connectivity index (χ1n) is 10.9. The molecule has 0 fully saturated rings. The molecule has 1 heterocycles. The minimum Gasteiger partial charge on any atom is -0.345 e. The number of nitrogens with zero attached hydrogens (tertiary/aromatic N) is 4. The predicted octanol–water partition coefficient (Wildman–Crippen LogP) is 4.44. The molecule has 0 unspecified atom stereocenters. The van der Waals surface area contributed by atoms with Gasteiger partial charge in [0, 0.05) is 35.8 Å². The van der Waals surface area contributed by atoms with Crippen molar-refractivity contribution in [3.63, 3.8) is 0 Å². The zero-order valence-corrected chi connectivity index (χ0v) is 20.9. The number of carbonyl (C=O) groups excluding carboxylic acids is 3. The normalized spacial score (nSPS) is 10.7. The Labute approximate surface area is 217 Å². The summed E-state index contributed by atoms with van der Waals surface area (Å²) in [5.74, 6) is -0.977. The first-order valence-corrected chi connectivity index (χ1v) is 11.6. The molecule has 10 heteroatoms. The van der Waals surface area contributed by atoms with E-state index in [1.54, 1.807) is 74.8 Å². The maximum absolute atomic E-state index is 13.5. The van der Waals surface area contributed by atoms with Crippen molar-refractivity contribution in [2.75, 3.05) is 14.1 Å². The van der Waals surface area contributed by atoms with E-state index in [9.17, 15) is 14.4 Å². The van der Waals surface area contributed by atoms with Gasteiger partial charge in [-0.2, -0.15) is 0 Å². The van der Waals surface area contributed by atoms with Crippen molar-refractivity contribution in [1.82, 2.24) is 25.0 Å². The molecule has 36 heavy (non-hydrogen) atoms. The zero-order valence-electron chi connectivity index (χ0n) is 19.4. The van der Waals surface area contributed by atoms with Crippen molar-refractivity contribution >= 4 is 40.8 Å². The van der Waals surface area contributed by atoms with Gasteiger partial charge in [-0.05, 0) is 42.5 Å². The minimum atomic E-state index is -0.433. The van der Waals surface area contributed by atoms with Crippen LogP contribution in [-0.2, 0) is 6.54 Å². The van der Waals surface area contributed by atoms with Crippen LogP contribution in [0.25, 0.3) is 5.69 Å². The van der Waals surface area contributed by atoms with Gasteiger partial charge in [0.1, 0.15) is 0 Å². The standard InChI is InChI=1S/C26H21Cl2N5O3/c1-32(2)26(36)24-30-22(15-29-25(35)16-8-4-3-5-9-16)33(31-24)21-13-12-17(27)14-19(21)23(34)18-10-6-7-11-20(18)28/h3-14H,15H2,1-2H3,(H,29,35). The molecule has 1 aromatic heterocycles. The Balaban J connectivity index is 1.78. The molecule has 0 radical (unpaired) electrons. The molecule has 0 aliphatic carbocycles. The maximum Gasteiger partial charge on any atom is 0.293 e. The fourth-order valence-electron chi connectivity index (χ4n) is 3.46. The van der Waals surface area contributed by atoms with E-state index in [-0.39, 0.29) is 46.0 Å². The molecule has 4 rings (SSSR count). The van der Waals surface area contributed by atoms with Crippen LogP contribution < -0.4 is 5.32 Å². The molecule has 0 saturated heterocycles. The number of ketones is 1. The van der Waals surface area contributed by atoms with E-state index in [1.807, 2.05) is 6.07 Å². The number of hydrogen-bond donors (Lipinski definition) is 1. The van der Waals surface area contributed by atoms with Crippen molar-refractivity contribution < 1.29 is 14.4 Å². The van der Waals surface area contributed by atoms with Crippen LogP contribution in [0.2, 0.25) is 10.0 Å². The van der Waals surface area contributed by atoms with E-state index < -0.39 is 5.91 Å². The van der Waals surface area contributed by atoms with E-state index >= 15 is 0 Å². The molecular weight excluding hydrogens is 501 g/mol. The molecule has 2 amide bonds. The molecular formula is C26H21Cl2N5O3. The quantitative estimate of drug-likeness (QED) is 0.362. The Morgan fingerprint density at radius 1 is 0.917 bits per heavy atom. The number of benzene rings is 3. The highest BCUT2D eigenvalue weighted by Crippen LogP contribution is 2.26. The summed E-state index contributed by atoms with van der Waals surface area (Å²) in [5.41, 5.74) is 1.29. The zero-order chi connectivity index (χ0) is 25.8. The molecule has 1 N–H and O–H groups in total. The molecule has 4 aromatic rings. The lowest BCUT2D eigenvalue weighted by Crippen LogP contribution is -2.25. The second-order valence-corrected chi connectivity index (χ2v) is 8.83. The van der Waals surface area contributed by atoms with E-state index in [2.05, 4.69) is 15.4 Å². The predicted molar refractivity (Wildman–Crippen MR) is 137 cm³/mol. The fourth-order valence-corrected chi connectivity index (χ4v) is 3.85. The van der Waals surface area contributed by atoms with Gasteiger partial charge in [0.15, 0.2) is 11.6 Å². The van der Waals surface area contributed by atoms with Crippen LogP contribution in [0.15, 0.2) is 72.8 Å². The van der Waals surface area contributed by atoms with Crippen LogP contribution in [-0.4, -0.2) is 51.4 Å². The second-order valence-electron chi connectivity index (χ2n) is 7.98. The molecule has 0 aliphatic heterocycles. The van der Waals surface area contributed by atoms with Crippen LogP contribution in [0.4, 0.5) is 0 Å². The molecule has 0 atom stereocenters. The minimum absolute atomic E-state index is 0.0518. The molecule has 3 aromatic carbocycles. The summed E-state index contributed by atoms with van der Waals surface area (Å²) >= 11 is 12.5. The smallest absolute Gasteiger partial charge is 0.293 e. The third kappa shape index (κ3) is 5.30. The number of rotatable bonds is 7. The average Bonchev–Trinajstić information content (AvgIpc) is 3.31. The molecule has 0 saturated carbocycles. The Bertz CT molecular complexity index is 1450. The van der Waals surface area contributed by atoms with E-state index in [4.69, 9.17) is 23.2 Å². The van der Waals surface area contributed by atoms with Gasteiger partial charge >= 0.3 is 0 Å². The van der Waals surface area contributed by atoms with Gasteiger partial charge in [0.25, 0.3) is 11.8 Å². The number of amides is 2. The number of carbonyl (C=O) groups is 3. The van der Waals surface area contributed by atoms with Crippen LogP contribution in [0.3, 0.4) is 0 Å². The van der Waals surface area contributed by atoms with Crippen molar-refractivity contribution in [1.29, 1.82) is 0 Å². The Morgan fingerprint density at radius 3 is 2.31 bits per heavy atom. The number of hydrogen-bond acceptors (Lipinski definition) is 5. The summed E-state index contributed by atoms with van der Waals surface area (Å²) in [4.78, 5) is 44.4. The number of halogens is 2. The largest absolute Gasteiger partial charge is 0.345 e. The average molecular weight is 522 g/mol. The van der Waals surface area contributed by atoms with Crippen molar-refractivity contribution in [2.24, 2.45) is 0 Å². The van der Waals surface area contributed by atoms with Crippen molar-refractivity contribution in [2.45, 2.75) is 6.54 Å². The van der Waals surface area contributed by atoms with Gasteiger partial charge < -0.3 is 10.2 Å². The van der Waals surface area contributed by atoms with E-state index in [1.165, 1.54) is 15.6 Å². The SMILES string of the molecule is CN(C)C(=O)c1nc(CNC(=O)c2ccccc2)n(-c2ccc(Cl)cc2C(=O)c2ccccc2Cl)n1. The van der Waals surface area contributed by atoms with Crippen molar-refractivity contribution in [3.8, 4) is 5.69 Å². The van der Waals surface area contributed by atoms with Gasteiger partial charge in [-0.3, -0.25) is 14.4 Å². The second kappa shape index (κ2) is 10.7. The lowest BCUT2D eigenvalue weighted by molar-refractivity contribution is 0.0815. The van der Waals surface area contributed by atoms with Crippen LogP contribution >= 0.6 is 23.2 Å². The van der Waals surface area contributed by atoms with E-state index in [0.29, 0.717) is 16.3 Å². The number of aromatic nitrogens is 3. The summed E-state index contributed by atoms with van der Waals surface area (Å²) in [6.07, 6.45) is 0. The molecule has 0 spiro atoms. The third-order valence-electron chi connectivity index (χ3n) is 5.26. The number of nitrogens with one attached hydrogen (secondary N) is 1. The van der Waals surface area contributed by atoms with Crippen LogP contribution in [0.5, 0.6) is 0 Å². The Hall–Kier alpha value is -4.01. The van der Waals surface area contributed by atoms with Crippen LogP contribution in [0, 0.1) is 0 Å². The van der Waals surface area contributed by atoms with Gasteiger partial charge in [-0.1, -0.05) is 53.5 Å². The van der Waals surface area contributed by atoms with Gasteiger partial charge in [-0.15, -0.1) is 5.10 Å². The Morgan fingerprint density at radius 2 is 1.61 bits per heavy atom. The Kier molecular flexibility index (Phi) is 7.47. The first kappa shape index (κ1) is 25.1. The topological polar surface area (TPSA) is 97.2 Å². The highest BCUT2D eigenvalue weighted by atomic mass is 35.5. The summed E-state index contributed by atoms with van der Waals surface area (Å²) in [7, 11) is 3.16. The van der Waals surface area contributed by atoms with Gasteiger partial charge in [0.05, 0.1) is 17.3 Å². The van der Waals surface area contributed by atoms with Crippen molar-refractivity contribution in [3.05, 3.63) is 111 Å². The summed E-state index contributed by atoms with van der Waals surface area (Å²) in [6, 6.07) is 20.0. The summed E-state index contributed by atoms with van der Waals surface area (Å²) in [6.45, 7) is -0.0518.